The predicted molar refractivity (Wildman–Crippen MR) is 155 cm³/mol. The molecule has 1 aromatic heterocycles. The molecule has 41 heavy (non-hydrogen) atoms. The van der Waals surface area contributed by atoms with E-state index in [2.05, 4.69) is 49.7 Å². The first-order valence-corrected chi connectivity index (χ1v) is 15.9. The summed E-state index contributed by atoms with van der Waals surface area (Å²) in [7, 11) is 0. The van der Waals surface area contributed by atoms with E-state index in [0.29, 0.717) is 5.92 Å². The Labute approximate surface area is 244 Å². The number of hydrogen-bond acceptors (Lipinski definition) is 5. The highest BCUT2D eigenvalue weighted by Gasteiger charge is 2.69. The standard InChI is InChI=1S/C35H45N3O3/c1-30(2)24-11-12-34(6)25(33(24,5)19-22(36-8)27(30)40)17-23(39)26-21-18-32(4,29-38-37-28(41-29)20-9-10-20)14-13-31(21,3)15-16-35(26,34)7/h17,19-21,24,26H,9-16,18H2,1-7H3/t21-,24-,26-,31+,32-,33-,34+,35+/m0/s1. The molecule has 1 heterocycles. The van der Waals surface area contributed by atoms with Gasteiger partial charge in [0.15, 0.2) is 11.6 Å². The van der Waals surface area contributed by atoms with Gasteiger partial charge < -0.3 is 9.21 Å². The summed E-state index contributed by atoms with van der Waals surface area (Å²) in [5.74, 6) is 2.44. The van der Waals surface area contributed by atoms with Gasteiger partial charge in [-0.05, 0) is 91.9 Å². The lowest BCUT2D eigenvalue weighted by Crippen LogP contribution is -2.64. The summed E-state index contributed by atoms with van der Waals surface area (Å²) in [5, 5.41) is 9.00. The van der Waals surface area contributed by atoms with Crippen molar-refractivity contribution in [3.05, 3.63) is 46.6 Å². The van der Waals surface area contributed by atoms with Crippen molar-refractivity contribution in [3.63, 3.8) is 0 Å². The van der Waals surface area contributed by atoms with Crippen molar-refractivity contribution < 1.29 is 14.0 Å². The minimum absolute atomic E-state index is 0.0498. The van der Waals surface area contributed by atoms with Gasteiger partial charge in [-0.2, -0.15) is 0 Å². The van der Waals surface area contributed by atoms with E-state index < -0.39 is 10.8 Å². The molecule has 1 aromatic rings. The molecular weight excluding hydrogens is 510 g/mol. The van der Waals surface area contributed by atoms with Gasteiger partial charge in [0.25, 0.3) is 0 Å². The van der Waals surface area contributed by atoms with Crippen LogP contribution in [0.25, 0.3) is 4.85 Å². The Kier molecular flexibility index (Phi) is 5.38. The van der Waals surface area contributed by atoms with Crippen LogP contribution in [0, 0.1) is 51.4 Å². The zero-order chi connectivity index (χ0) is 29.4. The van der Waals surface area contributed by atoms with Gasteiger partial charge in [0.1, 0.15) is 0 Å². The first kappa shape index (κ1) is 27.3. The van der Waals surface area contributed by atoms with Crippen LogP contribution in [0.2, 0.25) is 0 Å². The van der Waals surface area contributed by atoms with Gasteiger partial charge in [-0.25, -0.2) is 4.85 Å². The second kappa shape index (κ2) is 8.08. The molecule has 4 saturated carbocycles. The lowest BCUT2D eigenvalue weighted by molar-refractivity contribution is -0.166. The van der Waals surface area contributed by atoms with Crippen molar-refractivity contribution in [2.24, 2.45) is 44.8 Å². The molecule has 0 bridgehead atoms. The van der Waals surface area contributed by atoms with Gasteiger partial charge in [-0.15, -0.1) is 10.2 Å². The summed E-state index contributed by atoms with van der Waals surface area (Å²) in [6, 6.07) is 0. The second-order valence-corrected chi connectivity index (χ2v) is 16.5. The summed E-state index contributed by atoms with van der Waals surface area (Å²) in [5.41, 5.74) is -0.212. The maximum Gasteiger partial charge on any atom is 0.226 e. The number of carbonyl (C=O) groups is 2. The number of Topliss-reactive ketones (excluding diaryl/α,β-unsaturated/α-hetero) is 1. The fourth-order valence-electron chi connectivity index (χ4n) is 10.9. The van der Waals surface area contributed by atoms with Crippen molar-refractivity contribution in [2.45, 2.75) is 118 Å². The highest BCUT2D eigenvalue weighted by molar-refractivity contribution is 6.03. The molecule has 4 fully saturated rings. The van der Waals surface area contributed by atoms with Crippen molar-refractivity contribution >= 4 is 11.6 Å². The molecule has 6 aliphatic rings. The lowest BCUT2D eigenvalue weighted by atomic mass is 9.34. The van der Waals surface area contributed by atoms with Gasteiger partial charge in [-0.1, -0.05) is 60.1 Å². The number of carbonyl (C=O) groups excluding carboxylic acids is 2. The number of ketones is 2. The Morgan fingerprint density at radius 3 is 2.32 bits per heavy atom. The predicted octanol–water partition coefficient (Wildman–Crippen LogP) is 7.77. The number of aromatic nitrogens is 2. The summed E-state index contributed by atoms with van der Waals surface area (Å²) in [6.07, 6.45) is 13.2. The van der Waals surface area contributed by atoms with E-state index in [4.69, 9.17) is 11.0 Å². The van der Waals surface area contributed by atoms with Crippen LogP contribution < -0.4 is 0 Å². The maximum atomic E-state index is 14.6. The van der Waals surface area contributed by atoms with Crippen LogP contribution in [-0.2, 0) is 15.0 Å². The van der Waals surface area contributed by atoms with Crippen molar-refractivity contribution in [2.75, 3.05) is 0 Å². The molecule has 6 heteroatoms. The van der Waals surface area contributed by atoms with Gasteiger partial charge in [0, 0.05) is 28.1 Å². The smallest absolute Gasteiger partial charge is 0.226 e. The molecule has 0 N–H and O–H groups in total. The molecule has 0 amide bonds. The molecule has 0 aliphatic heterocycles. The molecule has 6 nitrogen and oxygen atoms in total. The molecule has 0 aromatic carbocycles. The molecule has 0 saturated heterocycles. The molecule has 0 radical (unpaired) electrons. The Morgan fingerprint density at radius 2 is 1.63 bits per heavy atom. The van der Waals surface area contributed by atoms with E-state index in [9.17, 15) is 9.59 Å². The second-order valence-electron chi connectivity index (χ2n) is 16.5. The van der Waals surface area contributed by atoms with E-state index in [1.165, 1.54) is 5.57 Å². The van der Waals surface area contributed by atoms with Crippen molar-refractivity contribution in [1.82, 2.24) is 10.2 Å². The summed E-state index contributed by atoms with van der Waals surface area (Å²) >= 11 is 0. The molecule has 0 unspecified atom stereocenters. The zero-order valence-electron chi connectivity index (χ0n) is 25.9. The van der Waals surface area contributed by atoms with Gasteiger partial charge in [0.05, 0.1) is 6.57 Å². The number of allylic oxidation sites excluding steroid dienone is 4. The summed E-state index contributed by atoms with van der Waals surface area (Å²) in [6.45, 7) is 23.5. The third-order valence-corrected chi connectivity index (χ3v) is 13.9. The monoisotopic (exact) mass is 555 g/mol. The highest BCUT2D eigenvalue weighted by Crippen LogP contribution is 2.74. The van der Waals surface area contributed by atoms with Crippen molar-refractivity contribution in [1.29, 1.82) is 0 Å². The van der Waals surface area contributed by atoms with Crippen LogP contribution >= 0.6 is 0 Å². The lowest BCUT2D eigenvalue weighted by Gasteiger charge is -2.69. The van der Waals surface area contributed by atoms with E-state index >= 15 is 0 Å². The number of hydrogen-bond donors (Lipinski definition) is 0. The fraction of sp³-hybridized carbons (Fsp3) is 0.743. The Balaban J connectivity index is 1.32. The van der Waals surface area contributed by atoms with Gasteiger partial charge in [-0.3, -0.25) is 4.79 Å². The topological polar surface area (TPSA) is 77.4 Å². The number of rotatable bonds is 2. The molecule has 7 rings (SSSR count). The maximum absolute atomic E-state index is 14.6. The first-order chi connectivity index (χ1) is 19.1. The Bertz CT molecular complexity index is 1470. The van der Waals surface area contributed by atoms with Crippen LogP contribution in [0.3, 0.4) is 0 Å². The first-order valence-electron chi connectivity index (χ1n) is 15.9. The quantitative estimate of drug-likeness (QED) is 0.348. The Hall–Kier alpha value is -2.55. The average Bonchev–Trinajstić information content (AvgIpc) is 3.64. The normalized spacial score (nSPS) is 46.7. The van der Waals surface area contributed by atoms with Crippen LogP contribution in [-0.4, -0.2) is 21.8 Å². The number of nitrogens with zero attached hydrogens (tertiary/aromatic N) is 3. The van der Waals surface area contributed by atoms with Crippen LogP contribution in [0.15, 0.2) is 27.8 Å². The molecular formula is C35H45N3O3. The van der Waals surface area contributed by atoms with Gasteiger partial charge in [0.2, 0.25) is 17.5 Å². The van der Waals surface area contributed by atoms with Crippen LogP contribution in [0.1, 0.15) is 124 Å². The van der Waals surface area contributed by atoms with Gasteiger partial charge >= 0.3 is 0 Å². The minimum Gasteiger partial charge on any atom is -0.424 e. The average molecular weight is 556 g/mol. The molecule has 6 aliphatic carbocycles. The van der Waals surface area contributed by atoms with Crippen molar-refractivity contribution in [3.8, 4) is 0 Å². The Morgan fingerprint density at radius 1 is 0.927 bits per heavy atom. The van der Waals surface area contributed by atoms with E-state index in [0.717, 1.165) is 69.6 Å². The van der Waals surface area contributed by atoms with E-state index in [-0.39, 0.29) is 56.7 Å². The molecule has 8 atom stereocenters. The van der Waals surface area contributed by atoms with E-state index in [1.807, 2.05) is 26.0 Å². The zero-order valence-corrected chi connectivity index (χ0v) is 25.9. The third kappa shape index (κ3) is 3.35. The third-order valence-electron chi connectivity index (χ3n) is 13.9. The summed E-state index contributed by atoms with van der Waals surface area (Å²) in [4.78, 5) is 31.6. The molecule has 218 valence electrons. The SMILES string of the molecule is [C-]#[N+]C1=C[C@]2(C)C3=CC(=O)[C@@H]4[C@@H]5C[C@@](C)(c6nnc(C7CC7)o6)CC[C@]5(C)CC[C@@]4(C)[C@]3(C)CC[C@H]2C(C)(C)C1=O. The minimum atomic E-state index is -0.633. The largest absolute Gasteiger partial charge is 0.424 e. The summed E-state index contributed by atoms with van der Waals surface area (Å²) < 4.78 is 6.30. The molecule has 0 spiro atoms. The van der Waals surface area contributed by atoms with Crippen LogP contribution in [0.4, 0.5) is 0 Å². The fourth-order valence-corrected chi connectivity index (χ4v) is 10.9. The highest BCUT2D eigenvalue weighted by atomic mass is 16.4. The van der Waals surface area contributed by atoms with Crippen LogP contribution in [0.5, 0.6) is 0 Å². The number of fused-ring (bicyclic) bond motifs is 7. The van der Waals surface area contributed by atoms with E-state index in [1.54, 1.807) is 0 Å².